The van der Waals surface area contributed by atoms with Crippen LogP contribution in [-0.2, 0) is 14.3 Å². The number of esters is 1. The Morgan fingerprint density at radius 2 is 2.09 bits per heavy atom. The van der Waals surface area contributed by atoms with Crippen molar-refractivity contribution in [3.05, 3.63) is 47.8 Å². The van der Waals surface area contributed by atoms with Crippen LogP contribution in [0.4, 0.5) is 4.39 Å². The Bertz CT molecular complexity index is 582. The number of allylic oxidation sites excluding steroid dienone is 1. The summed E-state index contributed by atoms with van der Waals surface area (Å²) < 4.78 is 17.9. The Morgan fingerprint density at radius 3 is 2.70 bits per heavy atom. The number of ether oxygens (including phenoxy) is 1. The molecule has 1 aliphatic rings. The van der Waals surface area contributed by atoms with Gasteiger partial charge in [-0.3, -0.25) is 4.79 Å². The van der Waals surface area contributed by atoms with Crippen LogP contribution in [0.2, 0.25) is 0 Å². The molecule has 1 aromatic carbocycles. The average Bonchev–Trinajstić information content (AvgIpc) is 3.32. The predicted molar refractivity (Wildman–Crippen MR) is 85.2 cm³/mol. The molecule has 5 heteroatoms. The molecule has 3 unspecified atom stereocenters. The van der Waals surface area contributed by atoms with Crippen LogP contribution >= 0.6 is 0 Å². The molecule has 0 aliphatic heterocycles. The van der Waals surface area contributed by atoms with E-state index in [1.807, 2.05) is 19.1 Å². The number of benzene rings is 1. The molecule has 0 heterocycles. The standard InChI is InChI=1S/C18H22FNO3/c1-3-5-6-16(18(22)23-4-2)20-17(21)15-11-14(15)12-7-9-13(19)10-8-12/h3,5,7-10,14-16H,4,6,11H2,1-2H3,(H,20,21)/b5-3+. The first-order chi connectivity index (χ1) is 11.1. The number of halogens is 1. The molecule has 2 rings (SSSR count). The zero-order valence-corrected chi connectivity index (χ0v) is 13.4. The van der Waals surface area contributed by atoms with Crippen molar-refractivity contribution in [3.63, 3.8) is 0 Å². The molecule has 23 heavy (non-hydrogen) atoms. The van der Waals surface area contributed by atoms with Gasteiger partial charge in [0.1, 0.15) is 11.9 Å². The lowest BCUT2D eigenvalue weighted by Gasteiger charge is -2.15. The average molecular weight is 319 g/mol. The van der Waals surface area contributed by atoms with Gasteiger partial charge in [0.25, 0.3) is 0 Å². The highest BCUT2D eigenvalue weighted by atomic mass is 19.1. The van der Waals surface area contributed by atoms with Gasteiger partial charge in [0, 0.05) is 5.92 Å². The van der Waals surface area contributed by atoms with Crippen LogP contribution in [0.3, 0.4) is 0 Å². The van der Waals surface area contributed by atoms with Crippen LogP contribution in [0.5, 0.6) is 0 Å². The largest absolute Gasteiger partial charge is 0.464 e. The number of rotatable bonds is 7. The van der Waals surface area contributed by atoms with Crippen LogP contribution < -0.4 is 5.32 Å². The zero-order chi connectivity index (χ0) is 16.8. The molecule has 1 aliphatic carbocycles. The molecule has 0 radical (unpaired) electrons. The third-order valence-corrected chi connectivity index (χ3v) is 3.92. The van der Waals surface area contributed by atoms with E-state index in [1.54, 1.807) is 19.1 Å². The topological polar surface area (TPSA) is 55.4 Å². The first-order valence-electron chi connectivity index (χ1n) is 7.90. The molecule has 1 N–H and O–H groups in total. The van der Waals surface area contributed by atoms with Crippen molar-refractivity contribution in [1.82, 2.24) is 5.32 Å². The highest BCUT2D eigenvalue weighted by Crippen LogP contribution is 2.47. The number of carbonyl (C=O) groups is 2. The maximum Gasteiger partial charge on any atom is 0.328 e. The summed E-state index contributed by atoms with van der Waals surface area (Å²) in [6.45, 7) is 3.87. The molecule has 3 atom stereocenters. The molecular weight excluding hydrogens is 297 g/mol. The van der Waals surface area contributed by atoms with Crippen molar-refractivity contribution in [2.45, 2.75) is 38.6 Å². The van der Waals surface area contributed by atoms with Gasteiger partial charge >= 0.3 is 5.97 Å². The number of hydrogen-bond donors (Lipinski definition) is 1. The van der Waals surface area contributed by atoms with E-state index in [0.717, 1.165) is 12.0 Å². The lowest BCUT2D eigenvalue weighted by molar-refractivity contribution is -0.147. The second-order valence-electron chi connectivity index (χ2n) is 5.62. The van der Waals surface area contributed by atoms with Crippen molar-refractivity contribution in [2.24, 2.45) is 5.92 Å². The normalized spacial score (nSPS) is 21.0. The molecule has 1 aromatic rings. The summed E-state index contributed by atoms with van der Waals surface area (Å²) >= 11 is 0. The van der Waals surface area contributed by atoms with Gasteiger partial charge in [0.2, 0.25) is 5.91 Å². The van der Waals surface area contributed by atoms with Crippen molar-refractivity contribution in [1.29, 1.82) is 0 Å². The van der Waals surface area contributed by atoms with Gasteiger partial charge in [-0.05, 0) is 50.3 Å². The minimum atomic E-state index is -0.659. The highest BCUT2D eigenvalue weighted by Gasteiger charge is 2.44. The van der Waals surface area contributed by atoms with Gasteiger partial charge in [-0.15, -0.1) is 0 Å². The molecule has 1 fully saturated rings. The molecule has 0 spiro atoms. The second kappa shape index (κ2) is 7.90. The van der Waals surface area contributed by atoms with Gasteiger partial charge in [0.05, 0.1) is 6.61 Å². The summed E-state index contributed by atoms with van der Waals surface area (Å²) in [5.41, 5.74) is 0.952. The molecule has 0 aromatic heterocycles. The fourth-order valence-corrected chi connectivity index (χ4v) is 2.57. The Hall–Kier alpha value is -2.17. The number of nitrogens with one attached hydrogen (secondary N) is 1. The van der Waals surface area contributed by atoms with E-state index in [-0.39, 0.29) is 30.2 Å². The van der Waals surface area contributed by atoms with Gasteiger partial charge in [-0.1, -0.05) is 24.3 Å². The van der Waals surface area contributed by atoms with E-state index in [9.17, 15) is 14.0 Å². The summed E-state index contributed by atoms with van der Waals surface area (Å²) in [6, 6.07) is 5.55. The molecule has 1 amide bonds. The van der Waals surface area contributed by atoms with Gasteiger partial charge < -0.3 is 10.1 Å². The Kier molecular flexibility index (Phi) is 5.90. The minimum Gasteiger partial charge on any atom is -0.464 e. The Morgan fingerprint density at radius 1 is 1.39 bits per heavy atom. The first-order valence-corrected chi connectivity index (χ1v) is 7.90. The fraction of sp³-hybridized carbons (Fsp3) is 0.444. The van der Waals surface area contributed by atoms with Crippen LogP contribution in [-0.4, -0.2) is 24.5 Å². The van der Waals surface area contributed by atoms with Crippen LogP contribution in [0.1, 0.15) is 38.2 Å². The van der Waals surface area contributed by atoms with Gasteiger partial charge in [0.15, 0.2) is 0 Å². The van der Waals surface area contributed by atoms with Crippen molar-refractivity contribution < 1.29 is 18.7 Å². The zero-order valence-electron chi connectivity index (χ0n) is 13.4. The summed E-state index contributed by atoms with van der Waals surface area (Å²) in [4.78, 5) is 24.2. The van der Waals surface area contributed by atoms with E-state index in [2.05, 4.69) is 5.32 Å². The van der Waals surface area contributed by atoms with Crippen LogP contribution in [0.15, 0.2) is 36.4 Å². The molecule has 0 saturated heterocycles. The van der Waals surface area contributed by atoms with E-state index in [4.69, 9.17) is 4.74 Å². The monoisotopic (exact) mass is 319 g/mol. The summed E-state index contributed by atoms with van der Waals surface area (Å²) in [5, 5.41) is 2.77. The van der Waals surface area contributed by atoms with Crippen LogP contribution in [0.25, 0.3) is 0 Å². The second-order valence-corrected chi connectivity index (χ2v) is 5.62. The first kappa shape index (κ1) is 17.2. The maximum absolute atomic E-state index is 12.9. The molecule has 4 nitrogen and oxygen atoms in total. The molecule has 1 saturated carbocycles. The Labute approximate surface area is 135 Å². The summed E-state index contributed by atoms with van der Waals surface area (Å²) in [6.07, 6.45) is 4.79. The predicted octanol–water partition coefficient (Wildman–Crippen LogP) is 2.94. The van der Waals surface area contributed by atoms with Gasteiger partial charge in [-0.2, -0.15) is 0 Å². The lowest BCUT2D eigenvalue weighted by atomic mass is 10.1. The SMILES string of the molecule is C/C=C/CC(NC(=O)C1CC1c1ccc(F)cc1)C(=O)OCC. The van der Waals surface area contributed by atoms with Crippen molar-refractivity contribution in [3.8, 4) is 0 Å². The van der Waals surface area contributed by atoms with E-state index in [0.29, 0.717) is 6.42 Å². The van der Waals surface area contributed by atoms with Crippen molar-refractivity contribution in [2.75, 3.05) is 6.61 Å². The number of carbonyl (C=O) groups excluding carboxylic acids is 2. The van der Waals surface area contributed by atoms with E-state index >= 15 is 0 Å². The summed E-state index contributed by atoms with van der Waals surface area (Å²) in [7, 11) is 0. The van der Waals surface area contributed by atoms with Gasteiger partial charge in [-0.25, -0.2) is 9.18 Å². The quantitative estimate of drug-likeness (QED) is 0.621. The molecule has 124 valence electrons. The smallest absolute Gasteiger partial charge is 0.328 e. The lowest BCUT2D eigenvalue weighted by Crippen LogP contribution is -2.42. The van der Waals surface area contributed by atoms with E-state index in [1.165, 1.54) is 12.1 Å². The maximum atomic E-state index is 12.9. The summed E-state index contributed by atoms with van der Waals surface area (Å²) in [5.74, 6) is -0.924. The third kappa shape index (κ3) is 4.65. The molecular formula is C18H22FNO3. The molecule has 0 bridgehead atoms. The highest BCUT2D eigenvalue weighted by molar-refractivity contribution is 5.88. The third-order valence-electron chi connectivity index (χ3n) is 3.92. The van der Waals surface area contributed by atoms with Crippen LogP contribution in [0, 0.1) is 11.7 Å². The fourth-order valence-electron chi connectivity index (χ4n) is 2.57. The number of amides is 1. The van der Waals surface area contributed by atoms with E-state index < -0.39 is 12.0 Å². The number of hydrogen-bond acceptors (Lipinski definition) is 3. The minimum absolute atomic E-state index is 0.0974. The Balaban J connectivity index is 1.94. The van der Waals surface area contributed by atoms with Crippen molar-refractivity contribution >= 4 is 11.9 Å².